The van der Waals surface area contributed by atoms with Crippen molar-refractivity contribution in [3.8, 4) is 5.75 Å². The Labute approximate surface area is 188 Å². The van der Waals surface area contributed by atoms with Crippen molar-refractivity contribution < 1.29 is 13.2 Å². The highest BCUT2D eigenvalue weighted by atomic mass is 32.2. The third-order valence-electron chi connectivity index (χ3n) is 6.17. The van der Waals surface area contributed by atoms with Gasteiger partial charge in [0.25, 0.3) is 0 Å². The van der Waals surface area contributed by atoms with Crippen LogP contribution in [0.5, 0.6) is 5.75 Å². The Morgan fingerprint density at radius 1 is 0.938 bits per heavy atom. The molecule has 32 heavy (non-hydrogen) atoms. The molecule has 0 unspecified atom stereocenters. The van der Waals surface area contributed by atoms with Gasteiger partial charge >= 0.3 is 0 Å². The minimum atomic E-state index is -3.57. The number of fused-ring (bicyclic) bond motifs is 2. The predicted octanol–water partition coefficient (Wildman–Crippen LogP) is 4.14. The van der Waals surface area contributed by atoms with E-state index < -0.39 is 10.0 Å². The molecule has 2 N–H and O–H groups in total. The molecule has 0 saturated carbocycles. The van der Waals surface area contributed by atoms with Crippen molar-refractivity contribution in [3.63, 3.8) is 0 Å². The monoisotopic (exact) mass is 449 g/mol. The summed E-state index contributed by atoms with van der Waals surface area (Å²) in [5.74, 6) is 0.890. The van der Waals surface area contributed by atoms with Crippen molar-refractivity contribution in [3.05, 3.63) is 72.9 Å². The van der Waals surface area contributed by atoms with Gasteiger partial charge in [0.2, 0.25) is 10.0 Å². The highest BCUT2D eigenvalue weighted by Gasteiger charge is 2.25. The molecule has 0 bridgehead atoms. The maximum Gasteiger partial charge on any atom is 0.241 e. The molecule has 2 heterocycles. The zero-order chi connectivity index (χ0) is 22.0. The number of H-pyrrole nitrogens is 1. The number of benzene rings is 3. The van der Waals surface area contributed by atoms with Gasteiger partial charge in [-0.1, -0.05) is 42.5 Å². The Kier molecular flexibility index (Phi) is 5.87. The van der Waals surface area contributed by atoms with Gasteiger partial charge < -0.3 is 9.72 Å². The number of sulfonamides is 1. The van der Waals surface area contributed by atoms with Crippen molar-refractivity contribution in [1.29, 1.82) is 0 Å². The molecule has 0 aliphatic carbocycles. The lowest BCUT2D eigenvalue weighted by atomic mass is 10.1. The van der Waals surface area contributed by atoms with Crippen molar-refractivity contribution in [1.82, 2.24) is 14.6 Å². The normalized spacial score (nSPS) is 16.0. The predicted molar refractivity (Wildman–Crippen MR) is 128 cm³/mol. The van der Waals surface area contributed by atoms with Crippen molar-refractivity contribution in [2.45, 2.75) is 23.8 Å². The Balaban J connectivity index is 1.15. The molecule has 5 rings (SSSR count). The highest BCUT2D eigenvalue weighted by molar-refractivity contribution is 7.89. The first-order chi connectivity index (χ1) is 15.6. The molecule has 1 fully saturated rings. The molecule has 1 aliphatic heterocycles. The summed E-state index contributed by atoms with van der Waals surface area (Å²) in [5.41, 5.74) is 1.07. The molecule has 1 aromatic heterocycles. The topological polar surface area (TPSA) is 74.4 Å². The van der Waals surface area contributed by atoms with Crippen LogP contribution in [0.2, 0.25) is 0 Å². The smallest absolute Gasteiger partial charge is 0.241 e. The van der Waals surface area contributed by atoms with E-state index in [1.54, 1.807) is 12.1 Å². The fourth-order valence-corrected chi connectivity index (χ4v) is 5.99. The summed E-state index contributed by atoms with van der Waals surface area (Å²) in [4.78, 5) is 5.88. The Morgan fingerprint density at radius 3 is 2.59 bits per heavy atom. The fraction of sp³-hybridized carbons (Fsp3) is 0.280. The van der Waals surface area contributed by atoms with Gasteiger partial charge in [0.05, 0.1) is 4.90 Å². The summed E-state index contributed by atoms with van der Waals surface area (Å²) in [6, 6.07) is 21.0. The van der Waals surface area contributed by atoms with Crippen LogP contribution in [0.3, 0.4) is 0 Å². The minimum Gasteiger partial charge on any atom is -0.492 e. The number of ether oxygens (including phenoxy) is 1. The summed E-state index contributed by atoms with van der Waals surface area (Å²) in [7, 11) is -3.57. The quantitative estimate of drug-likeness (QED) is 0.445. The number of nitrogens with one attached hydrogen (secondary N) is 2. The maximum absolute atomic E-state index is 13.1. The maximum atomic E-state index is 13.1. The first-order valence-corrected chi connectivity index (χ1v) is 12.5. The van der Waals surface area contributed by atoms with Gasteiger partial charge in [-0.2, -0.15) is 0 Å². The molecule has 0 amide bonds. The summed E-state index contributed by atoms with van der Waals surface area (Å²) in [5, 5.41) is 2.78. The number of rotatable bonds is 7. The minimum absolute atomic E-state index is 0.0512. The summed E-state index contributed by atoms with van der Waals surface area (Å²) in [6.07, 6.45) is 3.50. The Bertz CT molecular complexity index is 1320. The number of hydrogen-bond donors (Lipinski definition) is 2. The molecule has 166 valence electrons. The Hall–Kier alpha value is -2.87. The third kappa shape index (κ3) is 4.37. The number of aromatic nitrogens is 1. The zero-order valence-corrected chi connectivity index (χ0v) is 18.6. The second-order valence-corrected chi connectivity index (χ2v) is 9.94. The number of likely N-dealkylation sites (tertiary alicyclic amines) is 1. The van der Waals surface area contributed by atoms with Gasteiger partial charge in [-0.15, -0.1) is 0 Å². The second kappa shape index (κ2) is 8.94. The standard InChI is InChI=1S/C25H27N3O3S/c29-32(30,25-10-3-6-19-5-1-2-7-21(19)25)27-20-12-15-28(16-13-20)17-18-31-24-9-4-8-23-22(24)11-14-26-23/h1-11,14,20,26-27H,12-13,15-18H2. The molecule has 6 nitrogen and oxygen atoms in total. The van der Waals surface area contributed by atoms with Crippen LogP contribution in [-0.2, 0) is 10.0 Å². The SMILES string of the molecule is O=S(=O)(NC1CCN(CCOc2cccc3[nH]ccc23)CC1)c1cccc2ccccc12. The molecule has 3 aromatic carbocycles. The number of hydrogen-bond acceptors (Lipinski definition) is 4. The molecule has 7 heteroatoms. The van der Waals surface area contributed by atoms with E-state index in [1.165, 1.54) is 0 Å². The van der Waals surface area contributed by atoms with Crippen LogP contribution in [0.4, 0.5) is 0 Å². The van der Waals surface area contributed by atoms with Crippen LogP contribution in [0.15, 0.2) is 77.8 Å². The lowest BCUT2D eigenvalue weighted by molar-refractivity contribution is 0.171. The van der Waals surface area contributed by atoms with Gasteiger partial charge in [-0.25, -0.2) is 13.1 Å². The number of aromatic amines is 1. The third-order valence-corrected chi connectivity index (χ3v) is 7.75. The van der Waals surface area contributed by atoms with Gasteiger partial charge in [0, 0.05) is 35.1 Å². The van der Waals surface area contributed by atoms with Gasteiger partial charge in [0.1, 0.15) is 12.4 Å². The van der Waals surface area contributed by atoms with Gasteiger partial charge in [0.15, 0.2) is 0 Å². The van der Waals surface area contributed by atoms with Crippen LogP contribution in [0.25, 0.3) is 21.7 Å². The number of nitrogens with zero attached hydrogens (tertiary/aromatic N) is 1. The summed E-state index contributed by atoms with van der Waals surface area (Å²) < 4.78 is 35.1. The molecule has 0 radical (unpaired) electrons. The molecule has 1 saturated heterocycles. The van der Waals surface area contributed by atoms with E-state index in [9.17, 15) is 8.42 Å². The van der Waals surface area contributed by atoms with Crippen molar-refractivity contribution in [2.24, 2.45) is 0 Å². The highest BCUT2D eigenvalue weighted by Crippen LogP contribution is 2.25. The van der Waals surface area contributed by atoms with Gasteiger partial charge in [-0.3, -0.25) is 4.90 Å². The van der Waals surface area contributed by atoms with E-state index in [0.29, 0.717) is 11.5 Å². The lowest BCUT2D eigenvalue weighted by Crippen LogP contribution is -2.45. The van der Waals surface area contributed by atoms with Crippen LogP contribution in [-0.4, -0.2) is 50.6 Å². The first kappa shape index (κ1) is 21.0. The fourth-order valence-electron chi connectivity index (χ4n) is 4.45. The lowest BCUT2D eigenvalue weighted by Gasteiger charge is -2.32. The van der Waals surface area contributed by atoms with E-state index in [2.05, 4.69) is 14.6 Å². The van der Waals surface area contributed by atoms with E-state index in [0.717, 1.165) is 59.9 Å². The average Bonchev–Trinajstić information content (AvgIpc) is 3.29. The van der Waals surface area contributed by atoms with E-state index in [1.807, 2.05) is 60.8 Å². The van der Waals surface area contributed by atoms with Crippen molar-refractivity contribution >= 4 is 31.7 Å². The molecule has 1 aliphatic rings. The largest absolute Gasteiger partial charge is 0.492 e. The number of piperidine rings is 1. The van der Waals surface area contributed by atoms with Crippen molar-refractivity contribution in [2.75, 3.05) is 26.2 Å². The Morgan fingerprint density at radius 2 is 1.72 bits per heavy atom. The molecule has 0 atom stereocenters. The molecular formula is C25H27N3O3S. The summed E-state index contributed by atoms with van der Waals surface area (Å²) in [6.45, 7) is 3.13. The summed E-state index contributed by atoms with van der Waals surface area (Å²) >= 11 is 0. The molecule has 0 spiro atoms. The second-order valence-electron chi connectivity index (χ2n) is 8.26. The van der Waals surface area contributed by atoms with E-state index in [-0.39, 0.29) is 6.04 Å². The van der Waals surface area contributed by atoms with Crippen LogP contribution < -0.4 is 9.46 Å². The average molecular weight is 450 g/mol. The molecular weight excluding hydrogens is 422 g/mol. The van der Waals surface area contributed by atoms with Gasteiger partial charge in [-0.05, 0) is 55.6 Å². The first-order valence-electron chi connectivity index (χ1n) is 11.0. The van der Waals surface area contributed by atoms with Crippen LogP contribution in [0.1, 0.15) is 12.8 Å². The van der Waals surface area contributed by atoms with Crippen LogP contribution >= 0.6 is 0 Å². The van der Waals surface area contributed by atoms with Crippen LogP contribution in [0, 0.1) is 0 Å². The molecule has 4 aromatic rings. The zero-order valence-electron chi connectivity index (χ0n) is 17.8. The van der Waals surface area contributed by atoms with E-state index in [4.69, 9.17) is 4.74 Å². The van der Waals surface area contributed by atoms with E-state index >= 15 is 0 Å².